The second-order valence-corrected chi connectivity index (χ2v) is 8.29. The minimum absolute atomic E-state index is 0.137. The van der Waals surface area contributed by atoms with Gasteiger partial charge in [0.25, 0.3) is 10.0 Å². The van der Waals surface area contributed by atoms with Gasteiger partial charge in [0.05, 0.1) is 4.90 Å². The molecule has 5 heteroatoms. The molecule has 0 bridgehead atoms. The molecule has 0 saturated carbocycles. The molecular weight excluding hydrogens is 332 g/mol. The molecule has 0 aromatic heterocycles. The van der Waals surface area contributed by atoms with Gasteiger partial charge < -0.3 is 4.90 Å². The molecule has 0 N–H and O–H groups in total. The van der Waals surface area contributed by atoms with Crippen LogP contribution in [-0.4, -0.2) is 25.7 Å². The molecule has 0 spiro atoms. The molecule has 1 heterocycles. The first kappa shape index (κ1) is 17.7. The summed E-state index contributed by atoms with van der Waals surface area (Å²) in [6.45, 7) is 5.52. The number of likely N-dealkylation sites (tertiary alicyclic amines) is 1. The molecule has 4 nitrogen and oxygen atoms in total. The number of aryl methyl sites for hydroxylation is 1. The highest BCUT2D eigenvalue weighted by molar-refractivity contribution is 7.90. The van der Waals surface area contributed by atoms with Crippen LogP contribution in [0.1, 0.15) is 30.9 Å². The van der Waals surface area contributed by atoms with Gasteiger partial charge in [0.15, 0.2) is 0 Å². The molecule has 0 amide bonds. The molecule has 0 radical (unpaired) electrons. The van der Waals surface area contributed by atoms with E-state index < -0.39 is 10.0 Å². The van der Waals surface area contributed by atoms with E-state index in [0.717, 1.165) is 30.5 Å². The molecule has 25 heavy (non-hydrogen) atoms. The Balaban J connectivity index is 1.92. The summed E-state index contributed by atoms with van der Waals surface area (Å²) in [6.07, 6.45) is 2.02. The number of sulfonamides is 1. The normalized spacial score (nSPS) is 20.0. The predicted molar refractivity (Wildman–Crippen MR) is 101 cm³/mol. The minimum atomic E-state index is -3.69. The van der Waals surface area contributed by atoms with E-state index in [2.05, 4.69) is 28.4 Å². The van der Waals surface area contributed by atoms with Crippen LogP contribution in [0.4, 0.5) is 0 Å². The summed E-state index contributed by atoms with van der Waals surface area (Å²) in [5.41, 5.74) is 2.19. The van der Waals surface area contributed by atoms with Crippen molar-refractivity contribution in [2.75, 3.05) is 6.54 Å². The van der Waals surface area contributed by atoms with Gasteiger partial charge in [-0.1, -0.05) is 55.0 Å². The fourth-order valence-corrected chi connectivity index (χ4v) is 4.27. The van der Waals surface area contributed by atoms with Crippen LogP contribution in [0.5, 0.6) is 0 Å². The van der Waals surface area contributed by atoms with Crippen LogP contribution in [-0.2, 0) is 16.6 Å². The number of nitrogens with zero attached hydrogens (tertiary/aromatic N) is 2. The highest BCUT2D eigenvalue weighted by atomic mass is 32.2. The van der Waals surface area contributed by atoms with E-state index in [4.69, 9.17) is 0 Å². The summed E-state index contributed by atoms with van der Waals surface area (Å²) in [7, 11) is -3.69. The molecule has 1 unspecified atom stereocenters. The number of piperidine rings is 1. The van der Waals surface area contributed by atoms with Crippen LogP contribution in [0.25, 0.3) is 0 Å². The third-order valence-electron chi connectivity index (χ3n) is 4.58. The Morgan fingerprint density at radius 3 is 2.44 bits per heavy atom. The lowest BCUT2D eigenvalue weighted by molar-refractivity contribution is 0.332. The minimum Gasteiger partial charge on any atom is -0.355 e. The number of hydrogen-bond donors (Lipinski definition) is 0. The van der Waals surface area contributed by atoms with Crippen molar-refractivity contribution in [1.82, 2.24) is 4.90 Å². The third-order valence-corrected chi connectivity index (χ3v) is 5.87. The Morgan fingerprint density at radius 1 is 1.08 bits per heavy atom. The van der Waals surface area contributed by atoms with Crippen molar-refractivity contribution in [3.05, 3.63) is 65.7 Å². The van der Waals surface area contributed by atoms with Crippen molar-refractivity contribution in [3.63, 3.8) is 0 Å². The maximum absolute atomic E-state index is 12.7. The first-order valence-corrected chi connectivity index (χ1v) is 10.1. The average Bonchev–Trinajstić information content (AvgIpc) is 2.59. The highest BCUT2D eigenvalue weighted by Gasteiger charge is 2.26. The molecule has 1 aliphatic heterocycles. The lowest BCUT2D eigenvalue weighted by atomic mass is 9.98. The first-order chi connectivity index (χ1) is 12.0. The standard InChI is InChI=1S/C20H24N2O2S/c1-16-10-12-19(13-11-16)25(23,24)21-20-17(2)7-6-14-22(20)15-18-8-4-3-5-9-18/h3-5,8-13,17H,6-7,14-15H2,1-2H3/b21-20+. The Bertz CT molecular complexity index is 843. The highest BCUT2D eigenvalue weighted by Crippen LogP contribution is 2.23. The van der Waals surface area contributed by atoms with Gasteiger partial charge in [0, 0.05) is 19.0 Å². The molecule has 132 valence electrons. The number of benzene rings is 2. The zero-order valence-electron chi connectivity index (χ0n) is 14.7. The quantitative estimate of drug-likeness (QED) is 0.831. The van der Waals surface area contributed by atoms with Gasteiger partial charge in [-0.3, -0.25) is 0 Å². The zero-order chi connectivity index (χ0) is 17.9. The fraction of sp³-hybridized carbons (Fsp3) is 0.350. The predicted octanol–water partition coefficient (Wildman–Crippen LogP) is 4.01. The van der Waals surface area contributed by atoms with E-state index in [1.807, 2.05) is 25.1 Å². The van der Waals surface area contributed by atoms with Crippen molar-refractivity contribution in [1.29, 1.82) is 0 Å². The van der Waals surface area contributed by atoms with E-state index in [0.29, 0.717) is 12.4 Å². The Labute approximate surface area is 150 Å². The van der Waals surface area contributed by atoms with Gasteiger partial charge in [0.1, 0.15) is 5.84 Å². The SMILES string of the molecule is Cc1ccc(S(=O)(=O)/N=C2\C(C)CCCN2Cc2ccccc2)cc1. The molecule has 2 aromatic carbocycles. The smallest absolute Gasteiger partial charge is 0.283 e. The fourth-order valence-electron chi connectivity index (χ4n) is 3.14. The van der Waals surface area contributed by atoms with Crippen molar-refractivity contribution >= 4 is 15.9 Å². The van der Waals surface area contributed by atoms with Gasteiger partial charge in [-0.05, 0) is 37.5 Å². The van der Waals surface area contributed by atoms with Gasteiger partial charge in [-0.25, -0.2) is 0 Å². The second kappa shape index (κ2) is 7.40. The van der Waals surface area contributed by atoms with Crippen molar-refractivity contribution in [3.8, 4) is 0 Å². The summed E-state index contributed by atoms with van der Waals surface area (Å²) >= 11 is 0. The summed E-state index contributed by atoms with van der Waals surface area (Å²) in [6, 6.07) is 17.0. The maximum Gasteiger partial charge on any atom is 0.283 e. The van der Waals surface area contributed by atoms with E-state index in [1.54, 1.807) is 24.3 Å². The molecular formula is C20H24N2O2S. The molecule has 3 rings (SSSR count). The molecule has 1 aliphatic rings. The van der Waals surface area contributed by atoms with Crippen LogP contribution in [0.3, 0.4) is 0 Å². The Kier molecular flexibility index (Phi) is 5.23. The largest absolute Gasteiger partial charge is 0.355 e. The number of rotatable bonds is 4. The Morgan fingerprint density at radius 2 is 1.76 bits per heavy atom. The number of amidine groups is 1. The summed E-state index contributed by atoms with van der Waals surface area (Å²) in [4.78, 5) is 2.36. The monoisotopic (exact) mass is 356 g/mol. The maximum atomic E-state index is 12.7. The van der Waals surface area contributed by atoms with Crippen LogP contribution in [0.2, 0.25) is 0 Å². The van der Waals surface area contributed by atoms with Crippen molar-refractivity contribution in [2.24, 2.45) is 10.3 Å². The average molecular weight is 356 g/mol. The van der Waals surface area contributed by atoms with Gasteiger partial charge in [-0.2, -0.15) is 8.42 Å². The van der Waals surface area contributed by atoms with E-state index >= 15 is 0 Å². The van der Waals surface area contributed by atoms with Crippen LogP contribution >= 0.6 is 0 Å². The van der Waals surface area contributed by atoms with Crippen LogP contribution in [0.15, 0.2) is 63.9 Å². The Hall–Kier alpha value is -2.14. The summed E-state index contributed by atoms with van der Waals surface area (Å²) in [5.74, 6) is 0.813. The molecule has 1 saturated heterocycles. The van der Waals surface area contributed by atoms with Gasteiger partial charge in [0.2, 0.25) is 0 Å². The van der Waals surface area contributed by atoms with E-state index in [-0.39, 0.29) is 10.8 Å². The van der Waals surface area contributed by atoms with Crippen LogP contribution in [0, 0.1) is 12.8 Å². The van der Waals surface area contributed by atoms with Gasteiger partial charge in [-0.15, -0.1) is 4.40 Å². The lowest BCUT2D eigenvalue weighted by Crippen LogP contribution is -2.40. The summed E-state index contributed by atoms with van der Waals surface area (Å²) in [5, 5.41) is 0. The molecule has 1 fully saturated rings. The molecule has 2 aromatic rings. The van der Waals surface area contributed by atoms with E-state index in [1.165, 1.54) is 0 Å². The van der Waals surface area contributed by atoms with E-state index in [9.17, 15) is 8.42 Å². The van der Waals surface area contributed by atoms with Crippen molar-refractivity contribution in [2.45, 2.75) is 38.1 Å². The number of hydrogen-bond acceptors (Lipinski definition) is 2. The topological polar surface area (TPSA) is 49.7 Å². The third kappa shape index (κ3) is 4.28. The van der Waals surface area contributed by atoms with Crippen LogP contribution < -0.4 is 0 Å². The first-order valence-electron chi connectivity index (χ1n) is 8.66. The zero-order valence-corrected chi connectivity index (χ0v) is 15.5. The lowest BCUT2D eigenvalue weighted by Gasteiger charge is -2.34. The molecule has 0 aliphatic carbocycles. The van der Waals surface area contributed by atoms with Gasteiger partial charge >= 0.3 is 0 Å². The molecule has 1 atom stereocenters. The summed E-state index contributed by atoms with van der Waals surface area (Å²) < 4.78 is 29.7. The van der Waals surface area contributed by atoms with Crippen molar-refractivity contribution < 1.29 is 8.42 Å². The second-order valence-electron chi connectivity index (χ2n) is 6.69.